The van der Waals surface area contributed by atoms with Gasteiger partial charge in [0.2, 0.25) is 5.78 Å². The molecule has 6 nitrogen and oxygen atoms in total. The Labute approximate surface area is 167 Å². The van der Waals surface area contributed by atoms with Crippen LogP contribution in [0.15, 0.2) is 40.5 Å². The molecule has 0 aromatic carbocycles. The third-order valence-electron chi connectivity index (χ3n) is 5.19. The first kappa shape index (κ1) is 18.8. The molecule has 0 radical (unpaired) electrons. The van der Waals surface area contributed by atoms with E-state index in [2.05, 4.69) is 15.3 Å². The van der Waals surface area contributed by atoms with Crippen LogP contribution in [0.25, 0.3) is 0 Å². The average molecular weight is 398 g/mol. The number of carbonyl (C=O) groups is 1. The van der Waals surface area contributed by atoms with Crippen molar-refractivity contribution in [2.75, 3.05) is 5.32 Å². The minimum Gasteiger partial charge on any atom is -0.466 e. The Hall–Kier alpha value is -2.51. The second kappa shape index (κ2) is 7.85. The maximum absolute atomic E-state index is 13.1. The molecule has 2 N–H and O–H groups in total. The first-order valence-electron chi connectivity index (χ1n) is 9.41. The Morgan fingerprint density at radius 2 is 2.25 bits per heavy atom. The van der Waals surface area contributed by atoms with Crippen LogP contribution in [0.5, 0.6) is 0 Å². The molecular formula is C21H23N3O3S. The highest BCUT2D eigenvalue weighted by Crippen LogP contribution is 2.29. The topological polar surface area (TPSA) is 88.2 Å². The van der Waals surface area contributed by atoms with E-state index in [4.69, 9.17) is 4.42 Å². The first-order valence-corrected chi connectivity index (χ1v) is 10.3. The number of hydrogen-bond acceptors (Lipinski definition) is 7. The van der Waals surface area contributed by atoms with E-state index in [-0.39, 0.29) is 23.8 Å². The normalized spacial score (nSPS) is 21.8. The number of aryl methyl sites for hydroxylation is 1. The van der Waals surface area contributed by atoms with Crippen molar-refractivity contribution in [2.24, 2.45) is 5.92 Å². The number of hydrogen-bond donors (Lipinski definition) is 2. The van der Waals surface area contributed by atoms with Crippen LogP contribution in [0.4, 0.5) is 5.82 Å². The van der Waals surface area contributed by atoms with Gasteiger partial charge in [-0.25, -0.2) is 9.97 Å². The quantitative estimate of drug-likeness (QED) is 0.615. The van der Waals surface area contributed by atoms with Crippen molar-refractivity contribution in [3.63, 3.8) is 0 Å². The van der Waals surface area contributed by atoms with E-state index in [1.807, 2.05) is 37.4 Å². The van der Waals surface area contributed by atoms with E-state index in [1.165, 1.54) is 17.7 Å². The van der Waals surface area contributed by atoms with E-state index >= 15 is 0 Å². The smallest absolute Gasteiger partial charge is 0.208 e. The molecule has 3 aromatic heterocycles. The van der Waals surface area contributed by atoms with Crippen molar-refractivity contribution >= 4 is 22.9 Å². The molecule has 0 bridgehead atoms. The Morgan fingerprint density at radius 1 is 1.39 bits per heavy atom. The number of aliphatic hydroxyl groups excluding tert-OH is 1. The molecule has 1 aliphatic carbocycles. The van der Waals surface area contributed by atoms with Crippen molar-refractivity contribution in [1.29, 1.82) is 0 Å². The summed E-state index contributed by atoms with van der Waals surface area (Å²) in [6.45, 7) is 3.95. The fraction of sp³-hybridized carbons (Fsp3) is 0.381. The van der Waals surface area contributed by atoms with Crippen LogP contribution in [-0.4, -0.2) is 33.0 Å². The van der Waals surface area contributed by atoms with Crippen LogP contribution in [0, 0.1) is 12.8 Å². The average Bonchev–Trinajstić information content (AvgIpc) is 3.37. The van der Waals surface area contributed by atoms with Crippen LogP contribution in [0.2, 0.25) is 0 Å². The molecule has 7 heteroatoms. The molecule has 1 fully saturated rings. The van der Waals surface area contributed by atoms with Gasteiger partial charge in [0.05, 0.1) is 16.5 Å². The molecular weight excluding hydrogens is 374 g/mol. The maximum atomic E-state index is 13.1. The Bertz CT molecular complexity index is 971. The number of nitrogens with zero attached hydrogens (tertiary/aromatic N) is 2. The Balaban J connectivity index is 1.51. The highest BCUT2D eigenvalue weighted by Gasteiger charge is 2.30. The van der Waals surface area contributed by atoms with Gasteiger partial charge in [-0.05, 0) is 54.8 Å². The predicted molar refractivity (Wildman–Crippen MR) is 108 cm³/mol. The summed E-state index contributed by atoms with van der Waals surface area (Å²) in [6.07, 6.45) is 4.85. The van der Waals surface area contributed by atoms with Gasteiger partial charge in [0.1, 0.15) is 23.7 Å². The molecule has 4 rings (SSSR count). The maximum Gasteiger partial charge on any atom is 0.208 e. The molecule has 1 aliphatic rings. The lowest BCUT2D eigenvalue weighted by Crippen LogP contribution is -2.20. The number of rotatable bonds is 6. The summed E-state index contributed by atoms with van der Waals surface area (Å²) >= 11 is 1.42. The molecule has 0 aliphatic heterocycles. The van der Waals surface area contributed by atoms with Crippen LogP contribution < -0.4 is 5.32 Å². The summed E-state index contributed by atoms with van der Waals surface area (Å²) in [5, 5.41) is 15.3. The predicted octanol–water partition coefficient (Wildman–Crippen LogP) is 3.83. The molecule has 1 saturated carbocycles. The van der Waals surface area contributed by atoms with E-state index in [0.717, 1.165) is 23.5 Å². The van der Waals surface area contributed by atoms with Crippen molar-refractivity contribution < 1.29 is 14.3 Å². The van der Waals surface area contributed by atoms with Crippen molar-refractivity contribution in [1.82, 2.24) is 9.97 Å². The van der Waals surface area contributed by atoms with Crippen LogP contribution in [0.3, 0.4) is 0 Å². The molecule has 0 saturated heterocycles. The van der Waals surface area contributed by atoms with Gasteiger partial charge in [0, 0.05) is 18.7 Å². The number of nitrogens with one attached hydrogen (secondary N) is 1. The van der Waals surface area contributed by atoms with Gasteiger partial charge >= 0.3 is 0 Å². The molecule has 28 heavy (non-hydrogen) atoms. The summed E-state index contributed by atoms with van der Waals surface area (Å²) in [5.41, 5.74) is 1.50. The van der Waals surface area contributed by atoms with E-state index in [0.29, 0.717) is 29.1 Å². The van der Waals surface area contributed by atoms with E-state index in [9.17, 15) is 9.90 Å². The molecule has 146 valence electrons. The number of thiophene rings is 1. The molecule has 0 spiro atoms. The van der Waals surface area contributed by atoms with Crippen molar-refractivity contribution in [2.45, 2.75) is 45.3 Å². The summed E-state index contributed by atoms with van der Waals surface area (Å²) < 4.78 is 5.62. The highest BCUT2D eigenvalue weighted by molar-refractivity contribution is 7.12. The van der Waals surface area contributed by atoms with Crippen molar-refractivity contribution in [3.8, 4) is 0 Å². The minimum atomic E-state index is -0.316. The van der Waals surface area contributed by atoms with Gasteiger partial charge < -0.3 is 14.8 Å². The lowest BCUT2D eigenvalue weighted by atomic mass is 10.1. The van der Waals surface area contributed by atoms with E-state index in [1.54, 1.807) is 6.20 Å². The fourth-order valence-corrected chi connectivity index (χ4v) is 4.52. The fourth-order valence-electron chi connectivity index (χ4n) is 3.65. The standard InChI is InChI=1S/C21H23N3O3S/c1-12-5-15(8-18(12)25)24-21-17(9-22-11-23-21)20(26)19-7-14(10-28-19)6-16-4-3-13(2)27-16/h3-4,7,9-12,15,18,25H,5-6,8H2,1-2H3,(H,22,23,24)/t12-,15-,18+/m1/s1. The number of carbonyl (C=O) groups excluding carboxylic acids is 1. The van der Waals surface area contributed by atoms with Gasteiger partial charge in [-0.15, -0.1) is 11.3 Å². The summed E-state index contributed by atoms with van der Waals surface area (Å²) in [7, 11) is 0. The minimum absolute atomic E-state index is 0.0958. The number of aliphatic hydroxyl groups is 1. The van der Waals surface area contributed by atoms with Crippen LogP contribution in [-0.2, 0) is 6.42 Å². The Kier molecular flexibility index (Phi) is 5.28. The van der Waals surface area contributed by atoms with Crippen LogP contribution >= 0.6 is 11.3 Å². The summed E-state index contributed by atoms with van der Waals surface area (Å²) in [4.78, 5) is 22.0. The number of ketones is 1. The summed E-state index contributed by atoms with van der Waals surface area (Å²) in [5.74, 6) is 2.44. The monoisotopic (exact) mass is 397 g/mol. The molecule has 0 amide bonds. The van der Waals surface area contributed by atoms with Gasteiger partial charge in [-0.2, -0.15) is 0 Å². The van der Waals surface area contributed by atoms with E-state index < -0.39 is 0 Å². The molecule has 3 aromatic rings. The second-order valence-corrected chi connectivity index (χ2v) is 8.39. The summed E-state index contributed by atoms with van der Waals surface area (Å²) in [6, 6.07) is 5.91. The molecule has 3 heterocycles. The number of aromatic nitrogens is 2. The molecule has 3 atom stereocenters. The Morgan fingerprint density at radius 3 is 2.96 bits per heavy atom. The zero-order valence-corrected chi connectivity index (χ0v) is 16.7. The number of furan rings is 1. The molecule has 0 unspecified atom stereocenters. The van der Waals surface area contributed by atoms with Gasteiger partial charge in [0.15, 0.2) is 0 Å². The zero-order chi connectivity index (χ0) is 19.7. The van der Waals surface area contributed by atoms with Crippen LogP contribution in [0.1, 0.15) is 52.1 Å². The third kappa shape index (κ3) is 4.00. The lowest BCUT2D eigenvalue weighted by Gasteiger charge is -2.15. The van der Waals surface area contributed by atoms with Crippen molar-refractivity contribution in [3.05, 3.63) is 63.6 Å². The number of anilines is 1. The largest absolute Gasteiger partial charge is 0.466 e. The lowest BCUT2D eigenvalue weighted by molar-refractivity contribution is 0.104. The first-order chi connectivity index (χ1) is 13.5. The highest BCUT2D eigenvalue weighted by atomic mass is 32.1. The zero-order valence-electron chi connectivity index (χ0n) is 15.9. The SMILES string of the molecule is Cc1ccc(Cc2csc(C(=O)c3cncnc3N[C@@H]3C[C@@H](C)[C@@H](O)C3)c2)o1. The van der Waals surface area contributed by atoms with Gasteiger partial charge in [-0.3, -0.25) is 4.79 Å². The second-order valence-electron chi connectivity index (χ2n) is 7.48. The van der Waals surface area contributed by atoms with Gasteiger partial charge in [0.25, 0.3) is 0 Å². The van der Waals surface area contributed by atoms with Gasteiger partial charge in [-0.1, -0.05) is 6.92 Å². The third-order valence-corrected chi connectivity index (χ3v) is 6.17.